The lowest BCUT2D eigenvalue weighted by Crippen LogP contribution is -2.27. The summed E-state index contributed by atoms with van der Waals surface area (Å²) in [5.41, 5.74) is -1.39. The Morgan fingerprint density at radius 3 is 2.57 bits per heavy atom. The van der Waals surface area contributed by atoms with Gasteiger partial charge in [0.15, 0.2) is 16.6 Å². The fraction of sp³-hybridized carbons (Fsp3) is 0.125. The molecule has 0 aromatic carbocycles. The number of carbonyl (C=O) groups excluding carboxylic acids is 1. The van der Waals surface area contributed by atoms with Crippen molar-refractivity contribution in [1.82, 2.24) is 14.1 Å². The molecule has 0 radical (unpaired) electrons. The van der Waals surface area contributed by atoms with Crippen molar-refractivity contribution < 1.29 is 26.9 Å². The number of rotatable bonds is 6. The molecule has 6 nitrogen and oxygen atoms in total. The van der Waals surface area contributed by atoms with Gasteiger partial charge in [-0.15, -0.1) is 0 Å². The number of aromatic nitrogens is 2. The smallest absolute Gasteiger partial charge is 0.417 e. The molecule has 0 saturated heterocycles. The number of carbonyl (C=O) groups is 1. The van der Waals surface area contributed by atoms with Crippen LogP contribution in [0.3, 0.4) is 0 Å². The highest BCUT2D eigenvalue weighted by atomic mass is 35.5. The van der Waals surface area contributed by atoms with E-state index < -0.39 is 28.6 Å². The van der Waals surface area contributed by atoms with Gasteiger partial charge in [0.2, 0.25) is 0 Å². The first-order valence-corrected chi connectivity index (χ1v) is 9.12. The maximum atomic E-state index is 12.9. The molecule has 28 heavy (non-hydrogen) atoms. The molecule has 1 unspecified atom stereocenters. The van der Waals surface area contributed by atoms with E-state index in [1.54, 1.807) is 0 Å². The van der Waals surface area contributed by atoms with Crippen LogP contribution in [0.1, 0.15) is 16.1 Å². The molecule has 150 valence electrons. The molecule has 0 bridgehead atoms. The van der Waals surface area contributed by atoms with Crippen molar-refractivity contribution in [2.45, 2.75) is 6.18 Å². The number of amides is 1. The lowest BCUT2D eigenvalue weighted by atomic mass is 10.3. The number of allylic oxidation sites excluding steroid dienone is 2. The SMILES string of the molecule is C=C(/C=C(\C(=C)Cl)S(=O)NC(=O)c1cn2cc(C(F)(F)F)cc(Cl)c2n1)OC. The average molecular weight is 454 g/mol. The molecule has 0 fully saturated rings. The van der Waals surface area contributed by atoms with Crippen molar-refractivity contribution in [3.8, 4) is 0 Å². The summed E-state index contributed by atoms with van der Waals surface area (Å²) in [6.45, 7) is 6.95. The molecule has 0 saturated carbocycles. The van der Waals surface area contributed by atoms with E-state index in [-0.39, 0.29) is 32.1 Å². The number of nitrogens with one attached hydrogen (secondary N) is 1. The number of alkyl halides is 3. The summed E-state index contributed by atoms with van der Waals surface area (Å²) >= 11 is 11.6. The highest BCUT2D eigenvalue weighted by Gasteiger charge is 2.32. The van der Waals surface area contributed by atoms with Crippen LogP contribution >= 0.6 is 23.2 Å². The fourth-order valence-corrected chi connectivity index (χ4v) is 3.30. The molecule has 1 amide bonds. The minimum atomic E-state index is -4.63. The first-order chi connectivity index (χ1) is 12.9. The number of pyridine rings is 1. The summed E-state index contributed by atoms with van der Waals surface area (Å²) < 4.78 is 58.9. The molecule has 0 aliphatic heterocycles. The zero-order chi connectivity index (χ0) is 21.2. The van der Waals surface area contributed by atoms with E-state index in [2.05, 4.69) is 22.9 Å². The Labute approximate surface area is 169 Å². The number of nitrogens with zero attached hydrogens (tertiary/aromatic N) is 2. The fourth-order valence-electron chi connectivity index (χ4n) is 1.95. The molecule has 2 rings (SSSR count). The Balaban J connectivity index is 2.34. The van der Waals surface area contributed by atoms with E-state index >= 15 is 0 Å². The van der Waals surface area contributed by atoms with Crippen LogP contribution in [-0.2, 0) is 21.9 Å². The minimum Gasteiger partial charge on any atom is -0.497 e. The van der Waals surface area contributed by atoms with Crippen LogP contribution in [0.15, 0.2) is 53.4 Å². The van der Waals surface area contributed by atoms with Crippen molar-refractivity contribution in [1.29, 1.82) is 0 Å². The van der Waals surface area contributed by atoms with Crippen LogP contribution in [0.4, 0.5) is 13.2 Å². The van der Waals surface area contributed by atoms with Crippen LogP contribution in [-0.4, -0.2) is 26.6 Å². The number of ether oxygens (including phenoxy) is 1. The van der Waals surface area contributed by atoms with Crippen molar-refractivity contribution >= 4 is 45.7 Å². The second-order valence-electron chi connectivity index (χ2n) is 5.22. The number of hydrogen-bond acceptors (Lipinski definition) is 4. The molecule has 2 aromatic heterocycles. The molecule has 2 heterocycles. The topological polar surface area (TPSA) is 72.7 Å². The largest absolute Gasteiger partial charge is 0.497 e. The Morgan fingerprint density at radius 1 is 1.39 bits per heavy atom. The molecular formula is C16H12Cl2F3N3O3S. The van der Waals surface area contributed by atoms with Gasteiger partial charge in [0, 0.05) is 12.4 Å². The normalized spacial score (nSPS) is 13.3. The predicted octanol–water partition coefficient (Wildman–Crippen LogP) is 4.20. The Hall–Kier alpha value is -2.30. The average Bonchev–Trinajstić information content (AvgIpc) is 3.03. The lowest BCUT2D eigenvalue weighted by Gasteiger charge is -2.07. The number of methoxy groups -OCH3 is 1. The van der Waals surface area contributed by atoms with E-state index in [1.807, 2.05) is 0 Å². The predicted molar refractivity (Wildman–Crippen MR) is 100 cm³/mol. The van der Waals surface area contributed by atoms with Gasteiger partial charge < -0.3 is 9.14 Å². The number of halogens is 5. The van der Waals surface area contributed by atoms with Gasteiger partial charge in [0.25, 0.3) is 5.91 Å². The third-order valence-corrected chi connectivity index (χ3v) is 5.00. The standard InChI is InChI=1S/C16H12Cl2F3N3O3S/c1-8(27-3)4-13(9(2)17)28(26)23-15(25)12-7-24-6-10(16(19,20)21)5-11(18)14(24)22-12/h4-7H,1-2H2,3H3,(H,23,25)/b13-4+. The summed E-state index contributed by atoms with van der Waals surface area (Å²) in [4.78, 5) is 16.1. The van der Waals surface area contributed by atoms with Gasteiger partial charge in [-0.3, -0.25) is 9.52 Å². The van der Waals surface area contributed by atoms with Crippen LogP contribution in [0.2, 0.25) is 5.02 Å². The van der Waals surface area contributed by atoms with E-state index in [1.165, 1.54) is 13.2 Å². The van der Waals surface area contributed by atoms with Crippen LogP contribution < -0.4 is 4.72 Å². The van der Waals surface area contributed by atoms with Crippen molar-refractivity contribution in [2.75, 3.05) is 7.11 Å². The summed E-state index contributed by atoms with van der Waals surface area (Å²) in [7, 11) is -0.835. The molecular weight excluding hydrogens is 442 g/mol. The van der Waals surface area contributed by atoms with Crippen LogP contribution in [0.25, 0.3) is 5.65 Å². The van der Waals surface area contributed by atoms with Gasteiger partial charge in [0.1, 0.15) is 11.5 Å². The van der Waals surface area contributed by atoms with Crippen molar-refractivity contribution in [3.05, 3.63) is 69.7 Å². The van der Waals surface area contributed by atoms with Crippen LogP contribution in [0, 0.1) is 0 Å². The molecule has 12 heteroatoms. The summed E-state index contributed by atoms with van der Waals surface area (Å²) in [6, 6.07) is 0.693. The van der Waals surface area contributed by atoms with Gasteiger partial charge in [-0.25, -0.2) is 9.19 Å². The third kappa shape index (κ3) is 4.94. The molecule has 1 atom stereocenters. The Kier molecular flexibility index (Phi) is 6.58. The number of imidazole rings is 1. The Bertz CT molecular complexity index is 1030. The second-order valence-corrected chi connectivity index (χ2v) is 7.26. The zero-order valence-electron chi connectivity index (χ0n) is 14.1. The molecule has 1 N–H and O–H groups in total. The maximum absolute atomic E-state index is 12.9. The third-order valence-electron chi connectivity index (χ3n) is 3.27. The summed E-state index contributed by atoms with van der Waals surface area (Å²) in [5, 5.41) is -0.439. The number of hydrogen-bond donors (Lipinski definition) is 1. The summed E-state index contributed by atoms with van der Waals surface area (Å²) in [6.07, 6.45) is -1.66. The molecule has 0 aliphatic rings. The molecule has 0 spiro atoms. The van der Waals surface area contributed by atoms with E-state index in [0.29, 0.717) is 6.07 Å². The second kappa shape index (κ2) is 8.38. The van der Waals surface area contributed by atoms with Gasteiger partial charge in [0.05, 0.1) is 27.6 Å². The highest BCUT2D eigenvalue weighted by molar-refractivity contribution is 7.88. The highest BCUT2D eigenvalue weighted by Crippen LogP contribution is 2.32. The van der Waals surface area contributed by atoms with E-state index in [4.69, 9.17) is 27.9 Å². The van der Waals surface area contributed by atoms with Gasteiger partial charge in [-0.2, -0.15) is 13.2 Å². The van der Waals surface area contributed by atoms with E-state index in [9.17, 15) is 22.2 Å². The van der Waals surface area contributed by atoms with Gasteiger partial charge in [-0.1, -0.05) is 36.4 Å². The summed E-state index contributed by atoms with van der Waals surface area (Å²) in [5.74, 6) is -0.822. The maximum Gasteiger partial charge on any atom is 0.417 e. The van der Waals surface area contributed by atoms with Gasteiger partial charge in [-0.05, 0) is 12.1 Å². The molecule has 2 aromatic rings. The zero-order valence-corrected chi connectivity index (χ0v) is 16.5. The van der Waals surface area contributed by atoms with Crippen LogP contribution in [0.5, 0.6) is 0 Å². The quantitative estimate of drug-likeness (QED) is 0.525. The Morgan fingerprint density at radius 2 is 2.04 bits per heavy atom. The first-order valence-electron chi connectivity index (χ1n) is 7.21. The van der Waals surface area contributed by atoms with Crippen molar-refractivity contribution in [3.63, 3.8) is 0 Å². The monoisotopic (exact) mass is 453 g/mol. The van der Waals surface area contributed by atoms with Gasteiger partial charge >= 0.3 is 6.18 Å². The number of fused-ring (bicyclic) bond motifs is 1. The first kappa shape index (κ1) is 22.0. The van der Waals surface area contributed by atoms with E-state index in [0.717, 1.165) is 16.8 Å². The van der Waals surface area contributed by atoms with Crippen molar-refractivity contribution in [2.24, 2.45) is 0 Å². The molecule has 0 aliphatic carbocycles. The minimum absolute atomic E-state index is 0.0733. The lowest BCUT2D eigenvalue weighted by molar-refractivity contribution is -0.137.